The summed E-state index contributed by atoms with van der Waals surface area (Å²) in [6.07, 6.45) is 0. The smallest absolute Gasteiger partial charge is 0.175 e. The minimum atomic E-state index is 0.239. The Labute approximate surface area is 129 Å². The van der Waals surface area contributed by atoms with Crippen LogP contribution >= 0.6 is 12.2 Å². The monoisotopic (exact) mass is 302 g/mol. The van der Waals surface area contributed by atoms with Gasteiger partial charge in [0.05, 0.1) is 6.61 Å². The predicted molar refractivity (Wildman–Crippen MR) is 90.3 cm³/mol. The number of aromatic hydroxyl groups is 1. The van der Waals surface area contributed by atoms with E-state index < -0.39 is 0 Å². The van der Waals surface area contributed by atoms with Crippen molar-refractivity contribution in [3.63, 3.8) is 0 Å². The Kier molecular flexibility index (Phi) is 5.00. The molecule has 5 heteroatoms. The second kappa shape index (κ2) is 6.95. The fraction of sp³-hybridized carbons (Fsp3) is 0.188. The first-order valence-corrected chi connectivity index (χ1v) is 7.10. The van der Waals surface area contributed by atoms with Crippen molar-refractivity contribution in [1.82, 2.24) is 0 Å². The molecule has 0 unspecified atom stereocenters. The van der Waals surface area contributed by atoms with Crippen LogP contribution in [-0.4, -0.2) is 16.8 Å². The number of aryl methyl sites for hydroxylation is 1. The molecule has 0 spiro atoms. The van der Waals surface area contributed by atoms with Gasteiger partial charge in [-0.25, -0.2) is 0 Å². The van der Waals surface area contributed by atoms with Crippen LogP contribution in [-0.2, 0) is 0 Å². The van der Waals surface area contributed by atoms with Gasteiger partial charge >= 0.3 is 0 Å². The first-order chi connectivity index (χ1) is 10.1. The molecule has 0 atom stereocenters. The van der Waals surface area contributed by atoms with E-state index in [1.54, 1.807) is 18.2 Å². The fourth-order valence-electron chi connectivity index (χ4n) is 1.87. The van der Waals surface area contributed by atoms with E-state index in [2.05, 4.69) is 10.6 Å². The Morgan fingerprint density at radius 1 is 1.14 bits per heavy atom. The summed E-state index contributed by atoms with van der Waals surface area (Å²) in [6.45, 7) is 4.50. The fourth-order valence-corrected chi connectivity index (χ4v) is 2.10. The van der Waals surface area contributed by atoms with Gasteiger partial charge in [-0.05, 0) is 74.1 Å². The van der Waals surface area contributed by atoms with Crippen LogP contribution in [0.4, 0.5) is 11.4 Å². The zero-order chi connectivity index (χ0) is 15.2. The lowest BCUT2D eigenvalue weighted by Gasteiger charge is -2.13. The highest BCUT2D eigenvalue weighted by Crippen LogP contribution is 2.21. The van der Waals surface area contributed by atoms with E-state index in [0.29, 0.717) is 11.7 Å². The average Bonchev–Trinajstić information content (AvgIpc) is 2.44. The van der Waals surface area contributed by atoms with Crippen molar-refractivity contribution in [2.45, 2.75) is 13.8 Å². The quantitative estimate of drug-likeness (QED) is 0.590. The number of hydrogen-bond acceptors (Lipinski definition) is 3. The molecular formula is C16H18N2O2S. The van der Waals surface area contributed by atoms with Gasteiger partial charge in [0.25, 0.3) is 0 Å². The highest BCUT2D eigenvalue weighted by molar-refractivity contribution is 7.80. The molecule has 0 heterocycles. The molecule has 0 amide bonds. The summed E-state index contributed by atoms with van der Waals surface area (Å²) in [5.74, 6) is 1.07. The maximum absolute atomic E-state index is 9.39. The van der Waals surface area contributed by atoms with Crippen molar-refractivity contribution in [3.05, 3.63) is 48.0 Å². The van der Waals surface area contributed by atoms with Gasteiger partial charge in [0.15, 0.2) is 5.11 Å². The normalized spacial score (nSPS) is 10.0. The lowest BCUT2D eigenvalue weighted by Crippen LogP contribution is -2.19. The molecule has 0 saturated carbocycles. The largest absolute Gasteiger partial charge is 0.508 e. The molecule has 0 saturated heterocycles. The molecule has 0 aliphatic heterocycles. The van der Waals surface area contributed by atoms with E-state index in [9.17, 15) is 5.11 Å². The molecular weight excluding hydrogens is 284 g/mol. The molecule has 0 fully saturated rings. The Morgan fingerprint density at radius 3 is 2.48 bits per heavy atom. The third kappa shape index (κ3) is 4.36. The third-order valence-corrected chi connectivity index (χ3v) is 3.09. The number of hydrogen-bond donors (Lipinski definition) is 3. The van der Waals surface area contributed by atoms with Crippen LogP contribution in [0.2, 0.25) is 0 Å². The summed E-state index contributed by atoms with van der Waals surface area (Å²) in [7, 11) is 0. The van der Waals surface area contributed by atoms with Crippen LogP contribution in [0.15, 0.2) is 42.5 Å². The van der Waals surface area contributed by atoms with E-state index in [0.717, 1.165) is 22.7 Å². The van der Waals surface area contributed by atoms with Gasteiger partial charge in [-0.1, -0.05) is 0 Å². The van der Waals surface area contributed by atoms with Crippen molar-refractivity contribution in [2.24, 2.45) is 0 Å². The summed E-state index contributed by atoms with van der Waals surface area (Å²) < 4.78 is 5.39. The molecule has 0 bridgehead atoms. The van der Waals surface area contributed by atoms with Gasteiger partial charge < -0.3 is 20.5 Å². The molecule has 2 rings (SSSR count). The van der Waals surface area contributed by atoms with Crippen LogP contribution in [0.25, 0.3) is 0 Å². The zero-order valence-electron chi connectivity index (χ0n) is 12.0. The van der Waals surface area contributed by atoms with Crippen LogP contribution in [0, 0.1) is 6.92 Å². The SMILES string of the molecule is CCOc1ccc(NC(=S)Nc2ccc(O)cc2C)cc1. The molecule has 2 aromatic carbocycles. The summed E-state index contributed by atoms with van der Waals surface area (Å²) >= 11 is 5.28. The van der Waals surface area contributed by atoms with Crippen molar-refractivity contribution >= 4 is 28.7 Å². The number of rotatable bonds is 4. The zero-order valence-corrected chi connectivity index (χ0v) is 12.8. The Morgan fingerprint density at radius 2 is 1.86 bits per heavy atom. The lowest BCUT2D eigenvalue weighted by molar-refractivity contribution is 0.340. The Bertz CT molecular complexity index is 627. The number of ether oxygens (including phenoxy) is 1. The maximum atomic E-state index is 9.39. The number of nitrogens with one attached hydrogen (secondary N) is 2. The number of thiocarbonyl (C=S) groups is 1. The van der Waals surface area contributed by atoms with E-state index in [1.807, 2.05) is 38.1 Å². The molecule has 3 N–H and O–H groups in total. The number of phenols is 1. The van der Waals surface area contributed by atoms with E-state index in [1.165, 1.54) is 0 Å². The standard InChI is InChI=1S/C16H18N2O2S/c1-3-20-14-7-4-12(5-8-14)17-16(21)18-15-9-6-13(19)10-11(15)2/h4-10,19H,3H2,1-2H3,(H2,17,18,21). The molecule has 0 aliphatic rings. The van der Waals surface area contributed by atoms with Gasteiger partial charge in [0, 0.05) is 11.4 Å². The van der Waals surface area contributed by atoms with Crippen molar-refractivity contribution in [3.8, 4) is 11.5 Å². The molecule has 0 aliphatic carbocycles. The maximum Gasteiger partial charge on any atom is 0.175 e. The minimum absolute atomic E-state index is 0.239. The van der Waals surface area contributed by atoms with Gasteiger partial charge in [0.2, 0.25) is 0 Å². The summed E-state index contributed by atoms with van der Waals surface area (Å²) in [6, 6.07) is 12.7. The summed E-state index contributed by atoms with van der Waals surface area (Å²) in [4.78, 5) is 0. The van der Waals surface area contributed by atoms with Gasteiger partial charge in [0.1, 0.15) is 11.5 Å². The van der Waals surface area contributed by atoms with Gasteiger partial charge in [-0.3, -0.25) is 0 Å². The second-order valence-corrected chi connectivity index (χ2v) is 4.94. The number of benzene rings is 2. The highest BCUT2D eigenvalue weighted by atomic mass is 32.1. The van der Waals surface area contributed by atoms with Crippen LogP contribution < -0.4 is 15.4 Å². The molecule has 110 valence electrons. The lowest BCUT2D eigenvalue weighted by atomic mass is 10.2. The molecule has 2 aromatic rings. The van der Waals surface area contributed by atoms with E-state index >= 15 is 0 Å². The number of anilines is 2. The highest BCUT2D eigenvalue weighted by Gasteiger charge is 2.03. The van der Waals surface area contributed by atoms with Crippen LogP contribution in [0.5, 0.6) is 11.5 Å². The topological polar surface area (TPSA) is 53.5 Å². The molecule has 21 heavy (non-hydrogen) atoms. The Balaban J connectivity index is 1.98. The Hall–Kier alpha value is -2.27. The predicted octanol–water partition coefficient (Wildman–Crippen LogP) is 3.91. The van der Waals surface area contributed by atoms with Crippen LogP contribution in [0.1, 0.15) is 12.5 Å². The number of phenolic OH excluding ortho intramolecular Hbond substituents is 1. The van der Waals surface area contributed by atoms with Crippen molar-refractivity contribution in [1.29, 1.82) is 0 Å². The molecule has 0 radical (unpaired) electrons. The first-order valence-electron chi connectivity index (χ1n) is 6.69. The first kappa shape index (κ1) is 15.1. The summed E-state index contributed by atoms with van der Waals surface area (Å²) in [5.41, 5.74) is 2.66. The van der Waals surface area contributed by atoms with Gasteiger partial charge in [-0.15, -0.1) is 0 Å². The van der Waals surface area contributed by atoms with E-state index in [4.69, 9.17) is 17.0 Å². The molecule has 0 aromatic heterocycles. The van der Waals surface area contributed by atoms with E-state index in [-0.39, 0.29) is 5.75 Å². The third-order valence-electron chi connectivity index (χ3n) is 2.88. The van der Waals surface area contributed by atoms with Crippen LogP contribution in [0.3, 0.4) is 0 Å². The average molecular weight is 302 g/mol. The molecule has 4 nitrogen and oxygen atoms in total. The van der Waals surface area contributed by atoms with Crippen molar-refractivity contribution < 1.29 is 9.84 Å². The second-order valence-electron chi connectivity index (χ2n) is 4.54. The minimum Gasteiger partial charge on any atom is -0.508 e. The summed E-state index contributed by atoms with van der Waals surface area (Å²) in [5, 5.41) is 16.1. The van der Waals surface area contributed by atoms with Gasteiger partial charge in [-0.2, -0.15) is 0 Å². The van der Waals surface area contributed by atoms with Crippen molar-refractivity contribution in [2.75, 3.05) is 17.2 Å².